The fraction of sp³-hybridized carbons (Fsp3) is 0.250. The molecule has 0 N–H and O–H groups in total. The van der Waals surface area contributed by atoms with E-state index < -0.39 is 0 Å². The van der Waals surface area contributed by atoms with E-state index in [1.165, 1.54) is 11.1 Å². The Morgan fingerprint density at radius 2 is 2.07 bits per heavy atom. The minimum absolute atomic E-state index is 0.304. The maximum atomic E-state index is 5.28. The Kier molecular flexibility index (Phi) is 3.21. The SMILES string of the molecule is Cc1occc1C(Br)Cc1ccncc1. The summed E-state index contributed by atoms with van der Waals surface area (Å²) >= 11 is 3.67. The highest BCUT2D eigenvalue weighted by Crippen LogP contribution is 2.29. The van der Waals surface area contributed by atoms with E-state index in [9.17, 15) is 0 Å². The van der Waals surface area contributed by atoms with Gasteiger partial charge in [0, 0.05) is 22.8 Å². The third-order valence-electron chi connectivity index (χ3n) is 2.40. The highest BCUT2D eigenvalue weighted by molar-refractivity contribution is 9.09. The number of pyridine rings is 1. The monoisotopic (exact) mass is 265 g/mol. The molecule has 2 nitrogen and oxygen atoms in total. The molecule has 3 heteroatoms. The molecule has 2 aromatic heterocycles. The predicted molar refractivity (Wildman–Crippen MR) is 63.1 cm³/mol. The molecular formula is C12H12BrNO. The van der Waals surface area contributed by atoms with E-state index in [0.29, 0.717) is 4.83 Å². The molecular weight excluding hydrogens is 254 g/mol. The van der Waals surface area contributed by atoms with E-state index in [4.69, 9.17) is 4.42 Å². The normalized spacial score (nSPS) is 12.7. The van der Waals surface area contributed by atoms with Gasteiger partial charge in [-0.25, -0.2) is 0 Å². The summed E-state index contributed by atoms with van der Waals surface area (Å²) in [4.78, 5) is 4.30. The molecule has 2 aromatic rings. The molecule has 2 rings (SSSR count). The fourth-order valence-corrected chi connectivity index (χ4v) is 2.40. The van der Waals surface area contributed by atoms with Crippen LogP contribution in [0, 0.1) is 6.92 Å². The Hall–Kier alpha value is -1.09. The standard InChI is InChI=1S/C12H12BrNO/c1-9-11(4-7-15-9)12(13)8-10-2-5-14-6-3-10/h2-7,12H,8H2,1H3. The largest absolute Gasteiger partial charge is 0.469 e. The fourth-order valence-electron chi connectivity index (χ4n) is 1.56. The van der Waals surface area contributed by atoms with Gasteiger partial charge < -0.3 is 4.42 Å². The van der Waals surface area contributed by atoms with Gasteiger partial charge in [0.1, 0.15) is 5.76 Å². The van der Waals surface area contributed by atoms with Crippen molar-refractivity contribution in [3.8, 4) is 0 Å². The third kappa shape index (κ3) is 2.48. The highest BCUT2D eigenvalue weighted by atomic mass is 79.9. The van der Waals surface area contributed by atoms with Crippen LogP contribution in [-0.4, -0.2) is 4.98 Å². The molecule has 0 saturated heterocycles. The lowest BCUT2D eigenvalue weighted by Crippen LogP contribution is -1.95. The molecule has 78 valence electrons. The molecule has 0 aliphatic heterocycles. The van der Waals surface area contributed by atoms with Crippen LogP contribution < -0.4 is 0 Å². The van der Waals surface area contributed by atoms with Gasteiger partial charge in [0.25, 0.3) is 0 Å². The first-order valence-electron chi connectivity index (χ1n) is 4.84. The zero-order valence-electron chi connectivity index (χ0n) is 8.48. The van der Waals surface area contributed by atoms with Crippen LogP contribution in [0.3, 0.4) is 0 Å². The molecule has 2 heterocycles. The van der Waals surface area contributed by atoms with Crippen LogP contribution in [0.25, 0.3) is 0 Å². The van der Waals surface area contributed by atoms with E-state index in [2.05, 4.69) is 20.9 Å². The summed E-state index contributed by atoms with van der Waals surface area (Å²) in [7, 11) is 0. The quantitative estimate of drug-likeness (QED) is 0.792. The minimum atomic E-state index is 0.304. The Balaban J connectivity index is 2.11. The third-order valence-corrected chi connectivity index (χ3v) is 3.22. The number of aryl methyl sites for hydroxylation is 1. The number of hydrogen-bond donors (Lipinski definition) is 0. The molecule has 0 bridgehead atoms. The van der Waals surface area contributed by atoms with Gasteiger partial charge in [0.15, 0.2) is 0 Å². The molecule has 0 aromatic carbocycles. The summed E-state index contributed by atoms with van der Waals surface area (Å²) in [6.07, 6.45) is 6.31. The highest BCUT2D eigenvalue weighted by Gasteiger charge is 2.12. The average molecular weight is 266 g/mol. The van der Waals surface area contributed by atoms with Crippen LogP contribution in [0.5, 0.6) is 0 Å². The summed E-state index contributed by atoms with van der Waals surface area (Å²) < 4.78 is 5.28. The molecule has 0 amide bonds. The van der Waals surface area contributed by atoms with Gasteiger partial charge in [-0.2, -0.15) is 0 Å². The number of furan rings is 1. The second-order valence-corrected chi connectivity index (χ2v) is 4.56. The van der Waals surface area contributed by atoms with E-state index in [1.807, 2.05) is 37.5 Å². The van der Waals surface area contributed by atoms with Gasteiger partial charge in [0.05, 0.1) is 6.26 Å². The summed E-state index contributed by atoms with van der Waals surface area (Å²) in [6, 6.07) is 6.07. The predicted octanol–water partition coefficient (Wildman–Crippen LogP) is 3.66. The number of nitrogens with zero attached hydrogens (tertiary/aromatic N) is 1. The second-order valence-electron chi connectivity index (χ2n) is 3.46. The van der Waals surface area contributed by atoms with Gasteiger partial charge in [-0.15, -0.1) is 0 Å². The van der Waals surface area contributed by atoms with Crippen LogP contribution in [-0.2, 0) is 6.42 Å². The number of rotatable bonds is 3. The minimum Gasteiger partial charge on any atom is -0.469 e. The Morgan fingerprint density at radius 3 is 2.67 bits per heavy atom. The zero-order valence-corrected chi connectivity index (χ0v) is 10.1. The first-order valence-corrected chi connectivity index (χ1v) is 5.76. The lowest BCUT2D eigenvalue weighted by Gasteiger charge is -2.08. The van der Waals surface area contributed by atoms with Gasteiger partial charge in [-0.3, -0.25) is 4.98 Å². The second kappa shape index (κ2) is 4.62. The number of alkyl halides is 1. The van der Waals surface area contributed by atoms with Crippen LogP contribution in [0.15, 0.2) is 41.3 Å². The van der Waals surface area contributed by atoms with Crippen molar-refractivity contribution >= 4 is 15.9 Å². The molecule has 1 atom stereocenters. The number of hydrogen-bond acceptors (Lipinski definition) is 2. The van der Waals surface area contributed by atoms with Crippen molar-refractivity contribution in [2.24, 2.45) is 0 Å². The smallest absolute Gasteiger partial charge is 0.105 e. The molecule has 15 heavy (non-hydrogen) atoms. The lowest BCUT2D eigenvalue weighted by molar-refractivity contribution is 0.529. The topological polar surface area (TPSA) is 26.0 Å². The maximum absolute atomic E-state index is 5.28. The molecule has 0 radical (unpaired) electrons. The van der Waals surface area contributed by atoms with Gasteiger partial charge in [0.2, 0.25) is 0 Å². The van der Waals surface area contributed by atoms with Crippen molar-refractivity contribution in [1.82, 2.24) is 4.98 Å². The average Bonchev–Trinajstić information content (AvgIpc) is 2.66. The number of halogens is 1. The van der Waals surface area contributed by atoms with Crippen LogP contribution in [0.1, 0.15) is 21.7 Å². The Labute approximate surface area is 97.5 Å². The van der Waals surface area contributed by atoms with Crippen molar-refractivity contribution in [1.29, 1.82) is 0 Å². The van der Waals surface area contributed by atoms with E-state index in [0.717, 1.165) is 12.2 Å². The summed E-state index contributed by atoms with van der Waals surface area (Å²) in [5.41, 5.74) is 2.49. The van der Waals surface area contributed by atoms with Gasteiger partial charge in [-0.1, -0.05) is 15.9 Å². The summed E-state index contributed by atoms with van der Waals surface area (Å²) in [5.74, 6) is 0.978. The number of aromatic nitrogens is 1. The van der Waals surface area contributed by atoms with Crippen molar-refractivity contribution in [3.63, 3.8) is 0 Å². The molecule has 0 aliphatic rings. The Morgan fingerprint density at radius 1 is 1.33 bits per heavy atom. The van der Waals surface area contributed by atoms with Gasteiger partial charge in [-0.05, 0) is 37.1 Å². The first-order chi connectivity index (χ1) is 7.27. The van der Waals surface area contributed by atoms with Crippen LogP contribution >= 0.6 is 15.9 Å². The van der Waals surface area contributed by atoms with E-state index in [-0.39, 0.29) is 0 Å². The van der Waals surface area contributed by atoms with Crippen molar-refractivity contribution in [2.45, 2.75) is 18.2 Å². The molecule has 0 fully saturated rings. The molecule has 0 aliphatic carbocycles. The first kappa shape index (κ1) is 10.4. The van der Waals surface area contributed by atoms with E-state index >= 15 is 0 Å². The summed E-state index contributed by atoms with van der Waals surface area (Å²) in [6.45, 7) is 1.98. The molecule has 0 saturated carbocycles. The van der Waals surface area contributed by atoms with E-state index in [1.54, 1.807) is 6.26 Å². The van der Waals surface area contributed by atoms with Crippen molar-refractivity contribution in [2.75, 3.05) is 0 Å². The summed E-state index contributed by atoms with van der Waals surface area (Å²) in [5, 5.41) is 0. The Bertz CT molecular complexity index is 424. The maximum Gasteiger partial charge on any atom is 0.105 e. The van der Waals surface area contributed by atoms with Crippen molar-refractivity contribution in [3.05, 3.63) is 53.7 Å². The van der Waals surface area contributed by atoms with Crippen molar-refractivity contribution < 1.29 is 4.42 Å². The zero-order chi connectivity index (χ0) is 10.7. The van der Waals surface area contributed by atoms with Crippen LogP contribution in [0.4, 0.5) is 0 Å². The van der Waals surface area contributed by atoms with Crippen LogP contribution in [0.2, 0.25) is 0 Å². The lowest BCUT2D eigenvalue weighted by atomic mass is 10.1. The van der Waals surface area contributed by atoms with Gasteiger partial charge >= 0.3 is 0 Å². The molecule has 1 unspecified atom stereocenters. The molecule has 0 spiro atoms.